The second-order valence-corrected chi connectivity index (χ2v) is 4.62. The molecule has 84 valence electrons. The summed E-state index contributed by atoms with van der Waals surface area (Å²) in [6.45, 7) is 6.32. The van der Waals surface area contributed by atoms with E-state index < -0.39 is 5.54 Å². The Labute approximate surface area is 91.5 Å². The van der Waals surface area contributed by atoms with E-state index in [1.807, 2.05) is 13.0 Å². The number of hydrogen-bond donors (Lipinski definition) is 1. The Morgan fingerprint density at radius 2 is 2.07 bits per heavy atom. The zero-order valence-corrected chi connectivity index (χ0v) is 9.76. The lowest BCUT2D eigenvalue weighted by Gasteiger charge is -2.30. The molecule has 1 nitrogen and oxygen atoms in total. The number of hydrogen-bond acceptors (Lipinski definition) is 1. The molecule has 1 atom stereocenters. The highest BCUT2D eigenvalue weighted by Gasteiger charge is 2.26. The fourth-order valence-electron chi connectivity index (χ4n) is 1.99. The molecule has 1 aromatic rings. The molecule has 0 aliphatic heterocycles. The van der Waals surface area contributed by atoms with Crippen LogP contribution in [0.3, 0.4) is 0 Å². The summed E-state index contributed by atoms with van der Waals surface area (Å²) in [5.41, 5.74) is 6.83. The van der Waals surface area contributed by atoms with Gasteiger partial charge in [0, 0.05) is 5.54 Å². The van der Waals surface area contributed by atoms with Crippen LogP contribution >= 0.6 is 0 Å². The molecule has 0 spiro atoms. The minimum Gasteiger partial charge on any atom is -0.321 e. The molecule has 1 rings (SSSR count). The molecule has 0 saturated heterocycles. The second kappa shape index (κ2) is 4.75. The lowest BCUT2D eigenvalue weighted by molar-refractivity contribution is 0.337. The van der Waals surface area contributed by atoms with Crippen molar-refractivity contribution in [1.29, 1.82) is 0 Å². The first-order valence-electron chi connectivity index (χ1n) is 5.53. The first-order valence-corrected chi connectivity index (χ1v) is 5.53. The van der Waals surface area contributed by atoms with Gasteiger partial charge in [-0.15, -0.1) is 0 Å². The summed E-state index contributed by atoms with van der Waals surface area (Å²) >= 11 is 0. The fourth-order valence-corrected chi connectivity index (χ4v) is 1.99. The first kappa shape index (κ1) is 12.2. The van der Waals surface area contributed by atoms with Crippen LogP contribution < -0.4 is 5.73 Å². The molecule has 0 aliphatic rings. The molecule has 15 heavy (non-hydrogen) atoms. The molecule has 0 fully saturated rings. The predicted molar refractivity (Wildman–Crippen MR) is 62.0 cm³/mol. The smallest absolute Gasteiger partial charge is 0.123 e. The molecule has 0 aromatic heterocycles. The van der Waals surface area contributed by atoms with Gasteiger partial charge in [0.15, 0.2) is 0 Å². The molecular weight excluding hydrogens is 189 g/mol. The van der Waals surface area contributed by atoms with E-state index in [1.54, 1.807) is 12.1 Å². The number of halogens is 1. The molecule has 1 aromatic carbocycles. The van der Waals surface area contributed by atoms with Crippen molar-refractivity contribution < 1.29 is 4.39 Å². The van der Waals surface area contributed by atoms with E-state index in [0.717, 1.165) is 18.4 Å². The third kappa shape index (κ3) is 3.03. The highest BCUT2D eigenvalue weighted by atomic mass is 19.1. The number of rotatable bonds is 4. The van der Waals surface area contributed by atoms with Gasteiger partial charge in [0.05, 0.1) is 0 Å². The lowest BCUT2D eigenvalue weighted by atomic mass is 9.81. The van der Waals surface area contributed by atoms with Crippen molar-refractivity contribution >= 4 is 0 Å². The van der Waals surface area contributed by atoms with Crippen molar-refractivity contribution in [1.82, 2.24) is 0 Å². The molecule has 2 heteroatoms. The van der Waals surface area contributed by atoms with Gasteiger partial charge in [0.25, 0.3) is 0 Å². The van der Waals surface area contributed by atoms with Crippen LogP contribution in [0, 0.1) is 11.7 Å². The van der Waals surface area contributed by atoms with Crippen LogP contribution in [0.5, 0.6) is 0 Å². The van der Waals surface area contributed by atoms with Gasteiger partial charge < -0.3 is 5.73 Å². The summed E-state index contributed by atoms with van der Waals surface area (Å²) in [6.07, 6.45) is 1.71. The van der Waals surface area contributed by atoms with E-state index in [9.17, 15) is 4.39 Å². The maximum absolute atomic E-state index is 13.1. The molecule has 0 aliphatic carbocycles. The van der Waals surface area contributed by atoms with Crippen LogP contribution in [0.4, 0.5) is 4.39 Å². The maximum Gasteiger partial charge on any atom is 0.123 e. The number of benzene rings is 1. The van der Waals surface area contributed by atoms with Crippen molar-refractivity contribution in [3.63, 3.8) is 0 Å². The average Bonchev–Trinajstić information content (AvgIpc) is 2.16. The van der Waals surface area contributed by atoms with Crippen LogP contribution in [0.1, 0.15) is 39.2 Å². The summed E-state index contributed by atoms with van der Waals surface area (Å²) in [5.74, 6) is 0.303. The van der Waals surface area contributed by atoms with Crippen molar-refractivity contribution in [3.05, 3.63) is 35.6 Å². The first-order chi connectivity index (χ1) is 6.98. The second-order valence-electron chi connectivity index (χ2n) is 4.62. The van der Waals surface area contributed by atoms with Crippen molar-refractivity contribution in [2.45, 2.75) is 39.2 Å². The summed E-state index contributed by atoms with van der Waals surface area (Å²) in [4.78, 5) is 0. The van der Waals surface area contributed by atoms with E-state index in [-0.39, 0.29) is 5.82 Å². The minimum absolute atomic E-state index is 0.209. The Balaban J connectivity index is 3.00. The van der Waals surface area contributed by atoms with Crippen LogP contribution in [-0.2, 0) is 5.54 Å². The molecule has 2 N–H and O–H groups in total. The van der Waals surface area contributed by atoms with Crippen molar-refractivity contribution in [2.24, 2.45) is 11.7 Å². The molecule has 0 radical (unpaired) electrons. The van der Waals surface area contributed by atoms with Gasteiger partial charge in [0.1, 0.15) is 5.82 Å². The summed E-state index contributed by atoms with van der Waals surface area (Å²) < 4.78 is 13.1. The van der Waals surface area contributed by atoms with Gasteiger partial charge >= 0.3 is 0 Å². The Kier molecular flexibility index (Phi) is 3.86. The van der Waals surface area contributed by atoms with Gasteiger partial charge in [-0.25, -0.2) is 4.39 Å². The molecule has 0 amide bonds. The monoisotopic (exact) mass is 209 g/mol. The quantitative estimate of drug-likeness (QED) is 0.807. The Morgan fingerprint density at radius 1 is 1.40 bits per heavy atom. The fraction of sp³-hybridized carbons (Fsp3) is 0.538. The highest BCUT2D eigenvalue weighted by Crippen LogP contribution is 2.29. The number of nitrogens with two attached hydrogens (primary N) is 1. The average molecular weight is 209 g/mol. The van der Waals surface area contributed by atoms with Crippen LogP contribution in [0.2, 0.25) is 0 Å². The Morgan fingerprint density at radius 3 is 2.53 bits per heavy atom. The zero-order chi connectivity index (χ0) is 11.5. The summed E-state index contributed by atoms with van der Waals surface area (Å²) in [5, 5.41) is 0. The lowest BCUT2D eigenvalue weighted by Crippen LogP contribution is -2.37. The zero-order valence-electron chi connectivity index (χ0n) is 9.76. The predicted octanol–water partition coefficient (Wildman–Crippen LogP) is 3.44. The van der Waals surface area contributed by atoms with E-state index in [1.165, 1.54) is 6.07 Å². The van der Waals surface area contributed by atoms with Crippen LogP contribution in [0.15, 0.2) is 24.3 Å². The van der Waals surface area contributed by atoms with Crippen LogP contribution in [-0.4, -0.2) is 0 Å². The van der Waals surface area contributed by atoms with Crippen molar-refractivity contribution in [2.75, 3.05) is 0 Å². The largest absolute Gasteiger partial charge is 0.321 e. The molecular formula is C13H20FN. The van der Waals surface area contributed by atoms with Gasteiger partial charge in [-0.1, -0.05) is 32.9 Å². The SMILES string of the molecule is CCC(N)(CC(C)C)c1cccc(F)c1. The molecule has 1 unspecified atom stereocenters. The molecule has 0 heterocycles. The molecule has 0 saturated carbocycles. The van der Waals surface area contributed by atoms with Crippen LogP contribution in [0.25, 0.3) is 0 Å². The van der Waals surface area contributed by atoms with E-state index in [4.69, 9.17) is 5.73 Å². The van der Waals surface area contributed by atoms with Gasteiger partial charge in [0.2, 0.25) is 0 Å². The third-order valence-electron chi connectivity index (χ3n) is 2.80. The Bertz CT molecular complexity index is 322. The Hall–Kier alpha value is -0.890. The summed E-state index contributed by atoms with van der Waals surface area (Å²) in [6, 6.07) is 6.64. The maximum atomic E-state index is 13.1. The standard InChI is InChI=1S/C13H20FN/c1-4-13(15,9-10(2)3)11-6-5-7-12(14)8-11/h5-8,10H,4,9,15H2,1-3H3. The molecule has 0 bridgehead atoms. The van der Waals surface area contributed by atoms with E-state index >= 15 is 0 Å². The highest BCUT2D eigenvalue weighted by molar-refractivity contribution is 5.24. The van der Waals surface area contributed by atoms with Gasteiger partial charge in [-0.2, -0.15) is 0 Å². The van der Waals surface area contributed by atoms with E-state index in [2.05, 4.69) is 13.8 Å². The van der Waals surface area contributed by atoms with Crippen molar-refractivity contribution in [3.8, 4) is 0 Å². The minimum atomic E-state index is -0.393. The third-order valence-corrected chi connectivity index (χ3v) is 2.80. The topological polar surface area (TPSA) is 26.0 Å². The van der Waals surface area contributed by atoms with E-state index in [0.29, 0.717) is 5.92 Å². The summed E-state index contributed by atoms with van der Waals surface area (Å²) in [7, 11) is 0. The van der Waals surface area contributed by atoms with Gasteiger partial charge in [-0.05, 0) is 36.5 Å². The normalized spacial score (nSPS) is 15.3. The van der Waals surface area contributed by atoms with Gasteiger partial charge in [-0.3, -0.25) is 0 Å².